The normalized spacial score (nSPS) is 42.1. The Labute approximate surface area is 192 Å². The SMILES string of the molecule is CN[C@@H]1CCC2=CC3=CC[C@]4(C)C(c5ccc6ccccc6c5)CC[C@H]4C34CC[C@]2(C1)O4. The molecule has 6 atom stereocenters. The third-order valence-electron chi connectivity index (χ3n) is 10.3. The van der Waals surface area contributed by atoms with Crippen molar-refractivity contribution in [2.45, 2.75) is 81.5 Å². The van der Waals surface area contributed by atoms with Crippen LogP contribution >= 0.6 is 0 Å². The van der Waals surface area contributed by atoms with Crippen LogP contribution in [0.15, 0.2) is 65.8 Å². The number of rotatable bonds is 2. The van der Waals surface area contributed by atoms with Crippen LogP contribution in [0.4, 0.5) is 0 Å². The maximum Gasteiger partial charge on any atom is 0.0974 e. The number of nitrogens with one attached hydrogen (secondary N) is 1. The van der Waals surface area contributed by atoms with Gasteiger partial charge in [-0.2, -0.15) is 0 Å². The zero-order chi connectivity index (χ0) is 21.6. The van der Waals surface area contributed by atoms with Crippen LogP contribution in [0, 0.1) is 11.3 Å². The molecule has 2 saturated carbocycles. The zero-order valence-electron chi connectivity index (χ0n) is 19.5. The molecular formula is C30H35NO. The molecule has 0 radical (unpaired) electrons. The van der Waals surface area contributed by atoms with Gasteiger partial charge >= 0.3 is 0 Å². The average molecular weight is 426 g/mol. The van der Waals surface area contributed by atoms with Gasteiger partial charge in [-0.1, -0.05) is 61.5 Å². The van der Waals surface area contributed by atoms with Gasteiger partial charge in [0.2, 0.25) is 0 Å². The van der Waals surface area contributed by atoms with Crippen molar-refractivity contribution in [3.05, 3.63) is 71.3 Å². The van der Waals surface area contributed by atoms with Crippen molar-refractivity contribution in [3.63, 3.8) is 0 Å². The fourth-order valence-electron chi connectivity index (χ4n) is 8.63. The van der Waals surface area contributed by atoms with Gasteiger partial charge in [-0.05, 0) is 103 Å². The van der Waals surface area contributed by atoms with E-state index >= 15 is 0 Å². The van der Waals surface area contributed by atoms with Crippen molar-refractivity contribution in [1.29, 1.82) is 0 Å². The van der Waals surface area contributed by atoms with E-state index in [4.69, 9.17) is 4.74 Å². The van der Waals surface area contributed by atoms with E-state index in [2.05, 4.69) is 73.9 Å². The summed E-state index contributed by atoms with van der Waals surface area (Å²) in [7, 11) is 2.12. The second kappa shape index (κ2) is 6.58. The first-order chi connectivity index (χ1) is 15.6. The highest BCUT2D eigenvalue weighted by molar-refractivity contribution is 5.83. The van der Waals surface area contributed by atoms with Crippen LogP contribution in [0.2, 0.25) is 0 Å². The van der Waals surface area contributed by atoms with Gasteiger partial charge in [-0.3, -0.25) is 0 Å². The molecule has 0 aromatic heterocycles. The fourth-order valence-corrected chi connectivity index (χ4v) is 8.63. The molecule has 2 aliphatic heterocycles. The van der Waals surface area contributed by atoms with Crippen molar-refractivity contribution in [1.82, 2.24) is 5.32 Å². The molecule has 2 aromatic rings. The maximum atomic E-state index is 7.37. The Morgan fingerprint density at radius 3 is 2.75 bits per heavy atom. The number of allylic oxidation sites excluding steroid dienone is 1. The van der Waals surface area contributed by atoms with Gasteiger partial charge in [0.15, 0.2) is 0 Å². The zero-order valence-corrected chi connectivity index (χ0v) is 19.5. The van der Waals surface area contributed by atoms with Gasteiger partial charge < -0.3 is 10.1 Å². The number of fused-ring (bicyclic) bond motifs is 2. The molecule has 0 amide bonds. The first-order valence-corrected chi connectivity index (χ1v) is 12.8. The summed E-state index contributed by atoms with van der Waals surface area (Å²) in [6, 6.07) is 16.6. The average Bonchev–Trinajstić information content (AvgIpc) is 3.33. The van der Waals surface area contributed by atoms with Crippen molar-refractivity contribution in [2.24, 2.45) is 11.3 Å². The molecule has 1 saturated heterocycles. The van der Waals surface area contributed by atoms with Crippen LogP contribution in [0.3, 0.4) is 0 Å². The summed E-state index contributed by atoms with van der Waals surface area (Å²) in [5, 5.41) is 6.29. The minimum absolute atomic E-state index is 0.00253. The van der Waals surface area contributed by atoms with Gasteiger partial charge in [0.1, 0.15) is 0 Å². The number of benzene rings is 2. The molecule has 3 aliphatic carbocycles. The maximum absolute atomic E-state index is 7.37. The van der Waals surface area contributed by atoms with Crippen LogP contribution in [-0.4, -0.2) is 24.3 Å². The van der Waals surface area contributed by atoms with Crippen molar-refractivity contribution in [3.8, 4) is 0 Å². The summed E-state index contributed by atoms with van der Waals surface area (Å²) in [5.41, 5.74) is 4.90. The van der Waals surface area contributed by atoms with Gasteiger partial charge in [0, 0.05) is 6.04 Å². The summed E-state index contributed by atoms with van der Waals surface area (Å²) in [6.45, 7) is 2.58. The highest BCUT2D eigenvalue weighted by Gasteiger charge is 2.66. The number of hydrogen-bond donors (Lipinski definition) is 1. The Morgan fingerprint density at radius 2 is 1.88 bits per heavy atom. The minimum Gasteiger partial charge on any atom is -0.359 e. The van der Waals surface area contributed by atoms with Gasteiger partial charge in [-0.15, -0.1) is 0 Å². The summed E-state index contributed by atoms with van der Waals surface area (Å²) in [4.78, 5) is 0. The predicted octanol–water partition coefficient (Wildman–Crippen LogP) is 6.67. The van der Waals surface area contributed by atoms with E-state index in [0.717, 1.165) is 6.42 Å². The van der Waals surface area contributed by atoms with E-state index in [1.54, 1.807) is 5.57 Å². The molecule has 2 nitrogen and oxygen atoms in total. The molecule has 7 rings (SSSR count). The molecule has 2 heteroatoms. The molecule has 2 heterocycles. The topological polar surface area (TPSA) is 21.3 Å². The molecule has 2 unspecified atom stereocenters. The second-order valence-electron chi connectivity index (χ2n) is 11.5. The lowest BCUT2D eigenvalue weighted by atomic mass is 9.58. The van der Waals surface area contributed by atoms with Crippen molar-refractivity contribution >= 4 is 10.8 Å². The third kappa shape index (κ3) is 2.43. The van der Waals surface area contributed by atoms with Crippen LogP contribution in [0.25, 0.3) is 10.8 Å². The second-order valence-corrected chi connectivity index (χ2v) is 11.5. The third-order valence-corrected chi connectivity index (χ3v) is 10.3. The largest absolute Gasteiger partial charge is 0.359 e. The molecule has 3 fully saturated rings. The highest BCUT2D eigenvalue weighted by atomic mass is 16.5. The van der Waals surface area contributed by atoms with E-state index in [1.807, 2.05) is 0 Å². The quantitative estimate of drug-likeness (QED) is 0.580. The lowest BCUT2D eigenvalue weighted by Gasteiger charge is -2.54. The van der Waals surface area contributed by atoms with E-state index in [9.17, 15) is 0 Å². The van der Waals surface area contributed by atoms with Crippen LogP contribution in [0.5, 0.6) is 0 Å². The Hall–Kier alpha value is -1.90. The van der Waals surface area contributed by atoms with E-state index < -0.39 is 0 Å². The summed E-state index contributed by atoms with van der Waals surface area (Å²) in [5.74, 6) is 1.24. The first-order valence-electron chi connectivity index (χ1n) is 12.8. The fraction of sp³-hybridized carbons (Fsp3) is 0.533. The standard InChI is InChI=1S/C30H35NO/c1-28-14-13-24-18-23-9-10-25(31-2)19-29(23)15-16-30(24,32-29)27(28)12-11-26(28)22-8-7-20-5-3-4-6-21(20)17-22/h3-8,13,17-18,25-27,31H,9-12,14-16,19H2,1-2H3/t25-,26?,27-,28-,29-,30?/m1/s1. The summed E-state index contributed by atoms with van der Waals surface area (Å²) in [6.07, 6.45) is 15.0. The molecule has 1 N–H and O–H groups in total. The molecular weight excluding hydrogens is 390 g/mol. The van der Waals surface area contributed by atoms with E-state index in [1.165, 1.54) is 66.9 Å². The molecule has 2 bridgehead atoms. The Bertz CT molecular complexity index is 1160. The van der Waals surface area contributed by atoms with E-state index in [-0.39, 0.29) is 16.6 Å². The van der Waals surface area contributed by atoms with Crippen molar-refractivity contribution < 1.29 is 4.74 Å². The smallest absolute Gasteiger partial charge is 0.0974 e. The lowest BCUT2D eigenvalue weighted by Crippen LogP contribution is -2.54. The number of ether oxygens (including phenoxy) is 1. The van der Waals surface area contributed by atoms with Crippen molar-refractivity contribution in [2.75, 3.05) is 7.05 Å². The first kappa shape index (κ1) is 19.6. The van der Waals surface area contributed by atoms with Gasteiger partial charge in [0.05, 0.1) is 11.2 Å². The monoisotopic (exact) mass is 425 g/mol. The van der Waals surface area contributed by atoms with Crippen LogP contribution in [0.1, 0.15) is 69.8 Å². The Kier molecular flexibility index (Phi) is 4.02. The molecule has 5 aliphatic rings. The molecule has 166 valence electrons. The molecule has 2 aromatic carbocycles. The van der Waals surface area contributed by atoms with Gasteiger partial charge in [-0.25, -0.2) is 0 Å². The van der Waals surface area contributed by atoms with Gasteiger partial charge in [0.25, 0.3) is 0 Å². The predicted molar refractivity (Wildman–Crippen MR) is 131 cm³/mol. The lowest BCUT2D eigenvalue weighted by molar-refractivity contribution is -0.136. The Morgan fingerprint density at radius 1 is 1.00 bits per heavy atom. The molecule has 32 heavy (non-hydrogen) atoms. The van der Waals surface area contributed by atoms with Crippen LogP contribution in [-0.2, 0) is 4.74 Å². The minimum atomic E-state index is -0.0439. The summed E-state index contributed by atoms with van der Waals surface area (Å²) < 4.78 is 7.37. The molecule has 2 spiro atoms. The van der Waals surface area contributed by atoms with E-state index in [0.29, 0.717) is 17.9 Å². The summed E-state index contributed by atoms with van der Waals surface area (Å²) >= 11 is 0. The number of hydrogen-bond acceptors (Lipinski definition) is 2. The Balaban J connectivity index is 1.29. The van der Waals surface area contributed by atoms with Crippen LogP contribution < -0.4 is 5.32 Å². The highest BCUT2D eigenvalue weighted by Crippen LogP contribution is 2.69.